The van der Waals surface area contributed by atoms with E-state index in [9.17, 15) is 4.79 Å². The summed E-state index contributed by atoms with van der Waals surface area (Å²) in [7, 11) is 1.68. The fourth-order valence-electron chi connectivity index (χ4n) is 3.87. The molecule has 6 heteroatoms. The average Bonchev–Trinajstić information content (AvgIpc) is 3.10. The second-order valence-electron chi connectivity index (χ2n) is 7.26. The number of hydrogen-bond acceptors (Lipinski definition) is 5. The monoisotopic (exact) mass is 355 g/mol. The Kier molecular flexibility index (Phi) is 4.57. The number of ether oxygens (including phenoxy) is 1. The number of methoxy groups -OCH3 is 1. The first-order chi connectivity index (χ1) is 12.7. The topological polar surface area (TPSA) is 58.8 Å². The fourth-order valence-corrected chi connectivity index (χ4v) is 3.87. The molecule has 2 aliphatic rings. The van der Waals surface area contributed by atoms with Gasteiger partial charge in [0.15, 0.2) is 5.69 Å². The highest BCUT2D eigenvalue weighted by Gasteiger charge is 2.31. The quantitative estimate of drug-likeness (QED) is 0.847. The van der Waals surface area contributed by atoms with E-state index in [-0.39, 0.29) is 5.91 Å². The van der Waals surface area contributed by atoms with Crippen LogP contribution in [0.3, 0.4) is 0 Å². The van der Waals surface area contributed by atoms with Crippen LogP contribution in [0.4, 0.5) is 5.69 Å². The van der Waals surface area contributed by atoms with Gasteiger partial charge in [0.1, 0.15) is 11.5 Å². The van der Waals surface area contributed by atoms with Crippen LogP contribution in [0.15, 0.2) is 28.8 Å². The number of fused-ring (bicyclic) bond motifs is 1. The molecule has 6 nitrogen and oxygen atoms in total. The highest BCUT2D eigenvalue weighted by molar-refractivity contribution is 5.94. The highest BCUT2D eigenvalue weighted by atomic mass is 16.5. The maximum Gasteiger partial charge on any atom is 0.276 e. The summed E-state index contributed by atoms with van der Waals surface area (Å²) < 4.78 is 10.7. The van der Waals surface area contributed by atoms with Gasteiger partial charge in [0.25, 0.3) is 5.91 Å². The fraction of sp³-hybridized carbons (Fsp3) is 0.500. The van der Waals surface area contributed by atoms with Gasteiger partial charge in [0.2, 0.25) is 0 Å². The summed E-state index contributed by atoms with van der Waals surface area (Å²) in [5.41, 5.74) is 2.69. The first-order valence-corrected chi connectivity index (χ1v) is 9.31. The molecule has 1 amide bonds. The van der Waals surface area contributed by atoms with Gasteiger partial charge in [-0.25, -0.2) is 0 Å². The number of aryl methyl sites for hydroxylation is 1. The molecule has 4 rings (SSSR count). The van der Waals surface area contributed by atoms with E-state index in [0.29, 0.717) is 24.7 Å². The Bertz CT molecular complexity index is 793. The molecule has 0 radical (unpaired) electrons. The van der Waals surface area contributed by atoms with Crippen LogP contribution in [0, 0.1) is 5.92 Å². The zero-order valence-electron chi connectivity index (χ0n) is 15.4. The Morgan fingerprint density at radius 3 is 2.85 bits per heavy atom. The van der Waals surface area contributed by atoms with Crippen molar-refractivity contribution in [1.29, 1.82) is 0 Å². The molecule has 1 aromatic heterocycles. The SMILES string of the molecule is COc1cccc(N2CCN(C(=O)c3noc4c3CC(C)CC4)CC2)c1. The number of aromatic nitrogens is 1. The van der Waals surface area contributed by atoms with E-state index < -0.39 is 0 Å². The second-order valence-corrected chi connectivity index (χ2v) is 7.26. The summed E-state index contributed by atoms with van der Waals surface area (Å²) in [5, 5.41) is 4.11. The molecule has 2 heterocycles. The van der Waals surface area contributed by atoms with E-state index >= 15 is 0 Å². The molecule has 0 N–H and O–H groups in total. The average molecular weight is 355 g/mol. The minimum atomic E-state index is 0.00870. The predicted molar refractivity (Wildman–Crippen MR) is 98.8 cm³/mol. The summed E-state index contributed by atoms with van der Waals surface area (Å²) in [6.45, 7) is 5.20. The highest BCUT2D eigenvalue weighted by Crippen LogP contribution is 2.29. The van der Waals surface area contributed by atoms with Gasteiger partial charge in [-0.05, 0) is 30.9 Å². The molecule has 1 aromatic carbocycles. The van der Waals surface area contributed by atoms with Gasteiger partial charge < -0.3 is 19.1 Å². The Labute approximate surface area is 153 Å². The van der Waals surface area contributed by atoms with Gasteiger partial charge in [-0.3, -0.25) is 4.79 Å². The normalized spacial score (nSPS) is 20.0. The zero-order valence-corrected chi connectivity index (χ0v) is 15.4. The van der Waals surface area contributed by atoms with Crippen LogP contribution < -0.4 is 9.64 Å². The third-order valence-corrected chi connectivity index (χ3v) is 5.47. The molecule has 1 saturated heterocycles. The van der Waals surface area contributed by atoms with Gasteiger partial charge >= 0.3 is 0 Å². The smallest absolute Gasteiger partial charge is 0.276 e. The van der Waals surface area contributed by atoms with Crippen LogP contribution in [0.25, 0.3) is 0 Å². The van der Waals surface area contributed by atoms with Crippen LogP contribution >= 0.6 is 0 Å². The van der Waals surface area contributed by atoms with Crippen LogP contribution in [-0.2, 0) is 12.8 Å². The number of anilines is 1. The molecular weight excluding hydrogens is 330 g/mol. The minimum absolute atomic E-state index is 0.00870. The van der Waals surface area contributed by atoms with E-state index in [1.807, 2.05) is 23.1 Å². The van der Waals surface area contributed by atoms with E-state index in [0.717, 1.165) is 55.1 Å². The molecule has 1 fully saturated rings. The number of hydrogen-bond donors (Lipinski definition) is 0. The van der Waals surface area contributed by atoms with Gasteiger partial charge in [-0.1, -0.05) is 18.1 Å². The standard InChI is InChI=1S/C20H25N3O3/c1-14-6-7-18-17(12-14)19(21-26-18)20(24)23-10-8-22(9-11-23)15-4-3-5-16(13-15)25-2/h3-5,13-14H,6-12H2,1-2H3. The van der Waals surface area contributed by atoms with E-state index in [4.69, 9.17) is 9.26 Å². The first kappa shape index (κ1) is 16.9. The lowest BCUT2D eigenvalue weighted by molar-refractivity contribution is 0.0735. The lowest BCUT2D eigenvalue weighted by Gasteiger charge is -2.36. The van der Waals surface area contributed by atoms with E-state index in [1.54, 1.807) is 7.11 Å². The molecule has 0 bridgehead atoms. The van der Waals surface area contributed by atoms with E-state index in [1.165, 1.54) is 0 Å². The largest absolute Gasteiger partial charge is 0.497 e. The van der Waals surface area contributed by atoms with E-state index in [2.05, 4.69) is 23.0 Å². The van der Waals surface area contributed by atoms with Gasteiger partial charge in [0.05, 0.1) is 7.11 Å². The van der Waals surface area contributed by atoms with Crippen molar-refractivity contribution in [2.75, 3.05) is 38.2 Å². The van der Waals surface area contributed by atoms with Crippen molar-refractivity contribution in [3.63, 3.8) is 0 Å². The third-order valence-electron chi connectivity index (χ3n) is 5.47. The van der Waals surface area contributed by atoms with Crippen molar-refractivity contribution in [3.05, 3.63) is 41.3 Å². The maximum absolute atomic E-state index is 12.9. The minimum Gasteiger partial charge on any atom is -0.497 e. The van der Waals surface area contributed by atoms with Crippen molar-refractivity contribution in [2.24, 2.45) is 5.92 Å². The molecule has 1 atom stereocenters. The molecule has 1 aliphatic heterocycles. The molecule has 1 unspecified atom stereocenters. The van der Waals surface area contributed by atoms with Crippen molar-refractivity contribution in [1.82, 2.24) is 10.1 Å². The van der Waals surface area contributed by atoms with Gasteiger partial charge in [0, 0.05) is 49.9 Å². The molecule has 0 spiro atoms. The lowest BCUT2D eigenvalue weighted by Crippen LogP contribution is -2.49. The van der Waals surface area contributed by atoms with Crippen LogP contribution in [0.1, 0.15) is 35.2 Å². The Morgan fingerprint density at radius 2 is 2.08 bits per heavy atom. The second kappa shape index (κ2) is 7.02. The lowest BCUT2D eigenvalue weighted by atomic mass is 9.88. The molecule has 26 heavy (non-hydrogen) atoms. The number of carbonyl (C=O) groups excluding carboxylic acids is 1. The number of carbonyl (C=O) groups is 1. The Balaban J connectivity index is 1.43. The van der Waals surface area contributed by atoms with Crippen molar-refractivity contribution < 1.29 is 14.1 Å². The van der Waals surface area contributed by atoms with Crippen LogP contribution in [0.5, 0.6) is 5.75 Å². The van der Waals surface area contributed by atoms with Gasteiger partial charge in [-0.2, -0.15) is 0 Å². The molecule has 1 aliphatic carbocycles. The Hall–Kier alpha value is -2.50. The molecule has 138 valence electrons. The Morgan fingerprint density at radius 1 is 1.27 bits per heavy atom. The number of benzene rings is 1. The first-order valence-electron chi connectivity index (χ1n) is 9.31. The maximum atomic E-state index is 12.9. The number of piperazine rings is 1. The van der Waals surface area contributed by atoms with Crippen molar-refractivity contribution >= 4 is 11.6 Å². The third kappa shape index (κ3) is 3.16. The predicted octanol–water partition coefficient (Wildman–Crippen LogP) is 2.77. The molecule has 2 aromatic rings. The summed E-state index contributed by atoms with van der Waals surface area (Å²) in [6, 6.07) is 8.05. The number of amides is 1. The summed E-state index contributed by atoms with van der Waals surface area (Å²) in [4.78, 5) is 17.1. The summed E-state index contributed by atoms with van der Waals surface area (Å²) >= 11 is 0. The summed E-state index contributed by atoms with van der Waals surface area (Å²) in [5.74, 6) is 2.35. The van der Waals surface area contributed by atoms with Crippen LogP contribution in [-0.4, -0.2) is 49.3 Å². The van der Waals surface area contributed by atoms with Crippen molar-refractivity contribution in [3.8, 4) is 5.75 Å². The zero-order chi connectivity index (χ0) is 18.1. The molecular formula is C20H25N3O3. The number of rotatable bonds is 3. The molecule has 0 saturated carbocycles. The number of nitrogens with zero attached hydrogens (tertiary/aromatic N) is 3. The van der Waals surface area contributed by atoms with Gasteiger partial charge in [-0.15, -0.1) is 0 Å². The summed E-state index contributed by atoms with van der Waals surface area (Å²) in [6.07, 6.45) is 2.89. The van der Waals surface area contributed by atoms with Crippen molar-refractivity contribution in [2.45, 2.75) is 26.2 Å². The van der Waals surface area contributed by atoms with Crippen LogP contribution in [0.2, 0.25) is 0 Å².